The number of rotatable bonds is 3. The summed E-state index contributed by atoms with van der Waals surface area (Å²) in [5.41, 5.74) is 0.632. The van der Waals surface area contributed by atoms with Gasteiger partial charge in [-0.1, -0.05) is 0 Å². The van der Waals surface area contributed by atoms with E-state index in [0.29, 0.717) is 5.69 Å². The van der Waals surface area contributed by atoms with Gasteiger partial charge in [-0.2, -0.15) is 18.4 Å². The Balaban J connectivity index is 2.63. The van der Waals surface area contributed by atoms with E-state index >= 15 is 0 Å². The monoisotopic (exact) mass is 229 g/mol. The summed E-state index contributed by atoms with van der Waals surface area (Å²) in [6.45, 7) is 1.43. The van der Waals surface area contributed by atoms with Crippen LogP contribution in [0, 0.1) is 11.3 Å². The van der Waals surface area contributed by atoms with Crippen molar-refractivity contribution in [3.63, 3.8) is 0 Å². The topological polar surface area (TPSA) is 48.7 Å². The maximum atomic E-state index is 12.0. The minimum Gasteiger partial charge on any atom is -0.382 e. The third-order valence-electron chi connectivity index (χ3n) is 1.83. The van der Waals surface area contributed by atoms with Crippen LogP contribution in [0.1, 0.15) is 19.0 Å². The number of nitrogens with one attached hydrogen (secondary N) is 1. The molecule has 1 rings (SSSR count). The summed E-state index contributed by atoms with van der Waals surface area (Å²) in [6, 6.07) is 4.00. The van der Waals surface area contributed by atoms with Crippen LogP contribution in [0.3, 0.4) is 0 Å². The van der Waals surface area contributed by atoms with Gasteiger partial charge in [0, 0.05) is 17.9 Å². The first kappa shape index (κ1) is 12.3. The Morgan fingerprint density at radius 2 is 2.25 bits per heavy atom. The number of hydrogen-bond donors (Lipinski definition) is 1. The highest BCUT2D eigenvalue weighted by Gasteiger charge is 2.29. The van der Waals surface area contributed by atoms with Crippen LogP contribution in [0.2, 0.25) is 0 Å². The average Bonchev–Trinajstić information content (AvgIpc) is 2.15. The van der Waals surface area contributed by atoms with Crippen molar-refractivity contribution in [2.75, 3.05) is 5.32 Å². The van der Waals surface area contributed by atoms with Gasteiger partial charge >= 0.3 is 6.18 Å². The van der Waals surface area contributed by atoms with Crippen molar-refractivity contribution in [2.45, 2.75) is 25.6 Å². The average molecular weight is 229 g/mol. The van der Waals surface area contributed by atoms with Gasteiger partial charge in [-0.05, 0) is 19.1 Å². The van der Waals surface area contributed by atoms with E-state index < -0.39 is 18.6 Å². The van der Waals surface area contributed by atoms with Gasteiger partial charge < -0.3 is 5.32 Å². The lowest BCUT2D eigenvalue weighted by atomic mass is 10.2. The fourth-order valence-electron chi connectivity index (χ4n) is 1.26. The lowest BCUT2D eigenvalue weighted by Crippen LogP contribution is -2.23. The normalized spacial score (nSPS) is 12.9. The van der Waals surface area contributed by atoms with Crippen molar-refractivity contribution in [3.8, 4) is 6.07 Å². The molecular weight excluding hydrogens is 219 g/mol. The van der Waals surface area contributed by atoms with Gasteiger partial charge in [-0.3, -0.25) is 0 Å². The SMILES string of the molecule is CC(CC(F)(F)F)Nc1ccnc(C#N)c1. The van der Waals surface area contributed by atoms with Crippen molar-refractivity contribution in [2.24, 2.45) is 0 Å². The number of aromatic nitrogens is 1. The first-order valence-electron chi connectivity index (χ1n) is 4.60. The predicted octanol–water partition coefficient (Wildman–Crippen LogP) is 2.71. The van der Waals surface area contributed by atoms with Gasteiger partial charge in [0.25, 0.3) is 0 Å². The molecular formula is C10H10F3N3. The third-order valence-corrected chi connectivity index (χ3v) is 1.83. The largest absolute Gasteiger partial charge is 0.391 e. The minimum atomic E-state index is -4.20. The van der Waals surface area contributed by atoms with E-state index in [-0.39, 0.29) is 5.69 Å². The molecule has 3 nitrogen and oxygen atoms in total. The molecule has 1 aromatic heterocycles. The van der Waals surface area contributed by atoms with Gasteiger partial charge in [0.2, 0.25) is 0 Å². The lowest BCUT2D eigenvalue weighted by Gasteiger charge is -2.16. The van der Waals surface area contributed by atoms with E-state index in [4.69, 9.17) is 5.26 Å². The standard InChI is InChI=1S/C10H10F3N3/c1-7(5-10(11,12)13)16-8-2-3-15-9(4-8)6-14/h2-4,7H,5H2,1H3,(H,15,16). The quantitative estimate of drug-likeness (QED) is 0.866. The molecule has 0 bridgehead atoms. The Labute approximate surface area is 90.9 Å². The van der Waals surface area contributed by atoms with Gasteiger partial charge in [-0.25, -0.2) is 4.98 Å². The number of pyridine rings is 1. The Bertz CT molecular complexity index is 395. The molecule has 1 atom stereocenters. The van der Waals surface area contributed by atoms with Crippen LogP contribution in [0.5, 0.6) is 0 Å². The van der Waals surface area contributed by atoms with Gasteiger partial charge in [0.15, 0.2) is 0 Å². The molecule has 1 unspecified atom stereocenters. The molecule has 16 heavy (non-hydrogen) atoms. The summed E-state index contributed by atoms with van der Waals surface area (Å²) < 4.78 is 36.1. The molecule has 0 amide bonds. The number of nitriles is 1. The molecule has 0 spiro atoms. The second-order valence-electron chi connectivity index (χ2n) is 3.41. The number of halogens is 3. The van der Waals surface area contributed by atoms with E-state index in [1.54, 1.807) is 0 Å². The fraction of sp³-hybridized carbons (Fsp3) is 0.400. The number of hydrogen-bond acceptors (Lipinski definition) is 3. The highest BCUT2D eigenvalue weighted by Crippen LogP contribution is 2.23. The summed E-state index contributed by atoms with van der Waals surface area (Å²) in [5, 5.41) is 11.2. The molecule has 0 radical (unpaired) electrons. The summed E-state index contributed by atoms with van der Waals surface area (Å²) in [5.74, 6) is 0. The van der Waals surface area contributed by atoms with Crippen molar-refractivity contribution in [1.29, 1.82) is 5.26 Å². The van der Waals surface area contributed by atoms with Gasteiger partial charge in [-0.15, -0.1) is 0 Å². The Morgan fingerprint density at radius 1 is 1.56 bits per heavy atom. The van der Waals surface area contributed by atoms with Crippen LogP contribution in [-0.4, -0.2) is 17.2 Å². The van der Waals surface area contributed by atoms with E-state index in [1.165, 1.54) is 25.3 Å². The van der Waals surface area contributed by atoms with Crippen molar-refractivity contribution >= 4 is 5.69 Å². The van der Waals surface area contributed by atoms with E-state index in [1.807, 2.05) is 6.07 Å². The van der Waals surface area contributed by atoms with E-state index in [9.17, 15) is 13.2 Å². The maximum absolute atomic E-state index is 12.0. The van der Waals surface area contributed by atoms with Crippen LogP contribution < -0.4 is 5.32 Å². The minimum absolute atomic E-state index is 0.171. The summed E-state index contributed by atoms with van der Waals surface area (Å²) in [4.78, 5) is 3.72. The molecule has 0 aliphatic carbocycles. The van der Waals surface area contributed by atoms with Crippen molar-refractivity contribution in [1.82, 2.24) is 4.98 Å². The van der Waals surface area contributed by atoms with Crippen LogP contribution in [0.15, 0.2) is 18.3 Å². The zero-order valence-electron chi connectivity index (χ0n) is 8.54. The highest BCUT2D eigenvalue weighted by atomic mass is 19.4. The number of nitrogens with zero attached hydrogens (tertiary/aromatic N) is 2. The molecule has 0 saturated carbocycles. The Kier molecular flexibility index (Phi) is 3.72. The predicted molar refractivity (Wildman–Crippen MR) is 52.7 cm³/mol. The number of alkyl halides is 3. The summed E-state index contributed by atoms with van der Waals surface area (Å²) in [7, 11) is 0. The molecule has 6 heteroatoms. The molecule has 0 fully saturated rings. The molecule has 1 heterocycles. The zero-order valence-corrected chi connectivity index (χ0v) is 8.54. The van der Waals surface area contributed by atoms with Crippen LogP contribution in [-0.2, 0) is 0 Å². The van der Waals surface area contributed by atoms with Crippen molar-refractivity contribution in [3.05, 3.63) is 24.0 Å². The van der Waals surface area contributed by atoms with E-state index in [2.05, 4.69) is 10.3 Å². The molecule has 0 saturated heterocycles. The summed E-state index contributed by atoms with van der Waals surface area (Å²) >= 11 is 0. The molecule has 0 aliphatic heterocycles. The molecule has 0 aliphatic rings. The van der Waals surface area contributed by atoms with Gasteiger partial charge in [0.05, 0.1) is 6.42 Å². The highest BCUT2D eigenvalue weighted by molar-refractivity contribution is 5.46. The molecule has 1 N–H and O–H groups in total. The molecule has 86 valence electrons. The third kappa shape index (κ3) is 4.17. The lowest BCUT2D eigenvalue weighted by molar-refractivity contribution is -0.136. The van der Waals surface area contributed by atoms with Crippen LogP contribution >= 0.6 is 0 Å². The Hall–Kier alpha value is -1.77. The second-order valence-corrected chi connectivity index (χ2v) is 3.41. The van der Waals surface area contributed by atoms with Crippen molar-refractivity contribution < 1.29 is 13.2 Å². The Morgan fingerprint density at radius 3 is 2.81 bits per heavy atom. The van der Waals surface area contributed by atoms with Crippen LogP contribution in [0.4, 0.5) is 18.9 Å². The maximum Gasteiger partial charge on any atom is 0.391 e. The molecule has 0 aromatic carbocycles. The first-order chi connectivity index (χ1) is 7.40. The summed E-state index contributed by atoms with van der Waals surface area (Å²) in [6.07, 6.45) is -3.74. The fourth-order valence-corrected chi connectivity index (χ4v) is 1.26. The smallest absolute Gasteiger partial charge is 0.382 e. The number of anilines is 1. The van der Waals surface area contributed by atoms with Gasteiger partial charge in [0.1, 0.15) is 11.8 Å². The van der Waals surface area contributed by atoms with E-state index in [0.717, 1.165) is 0 Å². The molecule has 1 aromatic rings. The van der Waals surface area contributed by atoms with Crippen LogP contribution in [0.25, 0.3) is 0 Å². The second kappa shape index (κ2) is 4.84. The zero-order chi connectivity index (χ0) is 12.2. The first-order valence-corrected chi connectivity index (χ1v) is 4.60.